The molecule has 2 N–H and O–H groups in total. The Morgan fingerprint density at radius 2 is 1.96 bits per heavy atom. The normalized spacial score (nSPS) is 25.7. The largest absolute Gasteiger partial charge is 0.480 e. The fourth-order valence-electron chi connectivity index (χ4n) is 3.08. The van der Waals surface area contributed by atoms with Crippen LogP contribution >= 0.6 is 11.8 Å². The van der Waals surface area contributed by atoms with Gasteiger partial charge in [0.15, 0.2) is 11.6 Å². The van der Waals surface area contributed by atoms with Gasteiger partial charge in [0.05, 0.1) is 0 Å². The zero-order chi connectivity index (χ0) is 16.6. The zero-order valence-corrected chi connectivity index (χ0v) is 13.2. The first kappa shape index (κ1) is 16.2. The highest BCUT2D eigenvalue weighted by atomic mass is 32.2. The van der Waals surface area contributed by atoms with Gasteiger partial charge in [-0.15, -0.1) is 0 Å². The number of carbonyl (C=O) groups excluding carboxylic acids is 1. The minimum atomic E-state index is -1.23. The van der Waals surface area contributed by atoms with E-state index in [1.54, 1.807) is 11.8 Å². The summed E-state index contributed by atoms with van der Waals surface area (Å²) in [6, 6.07) is 3.92. The quantitative estimate of drug-likeness (QED) is 0.883. The molecule has 1 saturated carbocycles. The van der Waals surface area contributed by atoms with Crippen molar-refractivity contribution in [3.63, 3.8) is 0 Å². The molecule has 2 atom stereocenters. The van der Waals surface area contributed by atoms with Crippen LogP contribution in [0.1, 0.15) is 30.7 Å². The molecule has 1 saturated heterocycles. The zero-order valence-electron chi connectivity index (χ0n) is 12.4. The minimum absolute atomic E-state index is 0.189. The van der Waals surface area contributed by atoms with Gasteiger partial charge in [-0.05, 0) is 48.3 Å². The number of carboxylic acids is 1. The average Bonchev–Trinajstić information content (AvgIpc) is 3.31. The Hall–Kier alpha value is -1.63. The van der Waals surface area contributed by atoms with E-state index in [0.717, 1.165) is 6.07 Å². The van der Waals surface area contributed by atoms with E-state index in [1.165, 1.54) is 12.1 Å². The van der Waals surface area contributed by atoms with Crippen LogP contribution in [-0.2, 0) is 9.59 Å². The second-order valence-corrected chi connectivity index (χ2v) is 7.31. The van der Waals surface area contributed by atoms with E-state index in [2.05, 4.69) is 5.32 Å². The van der Waals surface area contributed by atoms with Crippen LogP contribution in [0.25, 0.3) is 0 Å². The molecule has 0 spiro atoms. The third kappa shape index (κ3) is 3.06. The molecule has 1 amide bonds. The first-order valence-corrected chi connectivity index (χ1v) is 8.67. The lowest BCUT2D eigenvalue weighted by molar-refractivity contribution is -0.148. The van der Waals surface area contributed by atoms with Gasteiger partial charge < -0.3 is 10.4 Å². The van der Waals surface area contributed by atoms with Crippen LogP contribution < -0.4 is 5.32 Å². The number of carboxylic acid groups (broad SMARTS) is 1. The molecule has 124 valence electrons. The van der Waals surface area contributed by atoms with Crippen molar-refractivity contribution < 1.29 is 23.5 Å². The predicted octanol–water partition coefficient (Wildman–Crippen LogP) is 2.53. The number of thioether (sulfide) groups is 1. The van der Waals surface area contributed by atoms with Gasteiger partial charge in [-0.1, -0.05) is 12.1 Å². The smallest absolute Gasteiger partial charge is 0.329 e. The van der Waals surface area contributed by atoms with Crippen molar-refractivity contribution in [1.29, 1.82) is 0 Å². The Morgan fingerprint density at radius 1 is 1.26 bits per heavy atom. The molecule has 2 unspecified atom stereocenters. The summed E-state index contributed by atoms with van der Waals surface area (Å²) in [5, 5.41) is 12.1. The Morgan fingerprint density at radius 3 is 2.61 bits per heavy atom. The van der Waals surface area contributed by atoms with E-state index in [-0.39, 0.29) is 17.4 Å². The Balaban J connectivity index is 1.70. The first-order valence-electron chi connectivity index (χ1n) is 7.52. The summed E-state index contributed by atoms with van der Waals surface area (Å²) in [5.41, 5.74) is -1.04. The number of amides is 1. The second-order valence-electron chi connectivity index (χ2n) is 6.08. The van der Waals surface area contributed by atoms with Gasteiger partial charge in [0.2, 0.25) is 5.91 Å². The Kier molecular flexibility index (Phi) is 4.31. The summed E-state index contributed by atoms with van der Waals surface area (Å²) in [6.07, 6.45) is 1.17. The topological polar surface area (TPSA) is 66.4 Å². The third-order valence-corrected chi connectivity index (χ3v) is 5.61. The van der Waals surface area contributed by atoms with Crippen LogP contribution in [-0.4, -0.2) is 34.0 Å². The standard InChI is InChI=1S/C16H17F2NO3S/c17-12-3-1-2-9(13(12)18)10-8-11(10)14(20)19-16(15(21)22)4-6-23-7-5-16/h1-3,10-11H,4-8H2,(H,19,20)(H,21,22). The molecule has 2 aliphatic rings. The van der Waals surface area contributed by atoms with Gasteiger partial charge in [-0.2, -0.15) is 11.8 Å². The van der Waals surface area contributed by atoms with Crippen molar-refractivity contribution in [2.75, 3.05) is 11.5 Å². The molecule has 23 heavy (non-hydrogen) atoms. The molecule has 1 aromatic carbocycles. The summed E-state index contributed by atoms with van der Waals surface area (Å²) in [5.74, 6) is -2.77. The molecule has 1 heterocycles. The van der Waals surface area contributed by atoms with Crippen molar-refractivity contribution in [3.05, 3.63) is 35.4 Å². The number of nitrogens with one attached hydrogen (secondary N) is 1. The van der Waals surface area contributed by atoms with Crippen molar-refractivity contribution in [3.8, 4) is 0 Å². The number of hydrogen-bond donors (Lipinski definition) is 2. The SMILES string of the molecule is O=C(NC1(C(=O)O)CCSCC1)C1CC1c1cccc(F)c1F. The number of benzene rings is 1. The van der Waals surface area contributed by atoms with Gasteiger partial charge in [-0.3, -0.25) is 4.79 Å². The molecule has 7 heteroatoms. The van der Waals surface area contributed by atoms with E-state index < -0.39 is 29.1 Å². The van der Waals surface area contributed by atoms with Gasteiger partial charge in [0.1, 0.15) is 5.54 Å². The fourth-order valence-corrected chi connectivity index (χ4v) is 4.27. The molecule has 0 radical (unpaired) electrons. The van der Waals surface area contributed by atoms with Crippen LogP contribution in [0.3, 0.4) is 0 Å². The molecule has 4 nitrogen and oxygen atoms in total. The highest BCUT2D eigenvalue weighted by molar-refractivity contribution is 7.99. The monoisotopic (exact) mass is 341 g/mol. The molecular formula is C16H17F2NO3S. The number of hydrogen-bond acceptors (Lipinski definition) is 3. The lowest BCUT2D eigenvalue weighted by Crippen LogP contribution is -2.57. The molecule has 1 aromatic rings. The van der Waals surface area contributed by atoms with E-state index in [0.29, 0.717) is 30.8 Å². The van der Waals surface area contributed by atoms with Gasteiger partial charge in [0, 0.05) is 5.92 Å². The number of rotatable bonds is 4. The summed E-state index contributed by atoms with van der Waals surface area (Å²) >= 11 is 1.66. The number of aliphatic carboxylic acids is 1. The average molecular weight is 341 g/mol. The molecule has 0 aromatic heterocycles. The predicted molar refractivity (Wildman–Crippen MR) is 82.3 cm³/mol. The van der Waals surface area contributed by atoms with Crippen LogP contribution in [0.5, 0.6) is 0 Å². The highest BCUT2D eigenvalue weighted by Crippen LogP contribution is 2.49. The molecule has 3 rings (SSSR count). The lowest BCUT2D eigenvalue weighted by atomic mass is 9.92. The minimum Gasteiger partial charge on any atom is -0.480 e. The number of carbonyl (C=O) groups is 2. The molecular weight excluding hydrogens is 324 g/mol. The molecule has 1 aliphatic heterocycles. The maximum absolute atomic E-state index is 13.8. The highest BCUT2D eigenvalue weighted by Gasteiger charge is 2.49. The van der Waals surface area contributed by atoms with Crippen molar-refractivity contribution >= 4 is 23.6 Å². The van der Waals surface area contributed by atoms with Crippen LogP contribution in [0, 0.1) is 17.6 Å². The van der Waals surface area contributed by atoms with E-state index >= 15 is 0 Å². The van der Waals surface area contributed by atoms with Crippen LogP contribution in [0.2, 0.25) is 0 Å². The number of halogens is 2. The van der Waals surface area contributed by atoms with Crippen LogP contribution in [0.4, 0.5) is 8.78 Å². The Labute approximate surface area is 136 Å². The van der Waals surface area contributed by atoms with Crippen molar-refractivity contribution in [2.45, 2.75) is 30.7 Å². The van der Waals surface area contributed by atoms with Crippen molar-refractivity contribution in [1.82, 2.24) is 5.32 Å². The maximum Gasteiger partial charge on any atom is 0.329 e. The summed E-state index contributed by atoms with van der Waals surface area (Å²) in [4.78, 5) is 23.9. The first-order chi connectivity index (χ1) is 10.9. The lowest BCUT2D eigenvalue weighted by Gasteiger charge is -2.33. The summed E-state index contributed by atoms with van der Waals surface area (Å²) in [6.45, 7) is 0. The molecule has 0 bridgehead atoms. The van der Waals surface area contributed by atoms with E-state index in [1.807, 2.05) is 0 Å². The van der Waals surface area contributed by atoms with E-state index in [4.69, 9.17) is 0 Å². The van der Waals surface area contributed by atoms with Gasteiger partial charge in [-0.25, -0.2) is 13.6 Å². The molecule has 2 fully saturated rings. The third-order valence-electron chi connectivity index (χ3n) is 4.63. The van der Waals surface area contributed by atoms with E-state index in [9.17, 15) is 23.5 Å². The van der Waals surface area contributed by atoms with Crippen LogP contribution in [0.15, 0.2) is 18.2 Å². The Bertz CT molecular complexity index is 646. The summed E-state index contributed by atoms with van der Waals surface area (Å²) < 4.78 is 27.1. The fraction of sp³-hybridized carbons (Fsp3) is 0.500. The van der Waals surface area contributed by atoms with Crippen molar-refractivity contribution in [2.24, 2.45) is 5.92 Å². The van der Waals surface area contributed by atoms with Gasteiger partial charge in [0.25, 0.3) is 0 Å². The maximum atomic E-state index is 13.8. The van der Waals surface area contributed by atoms with Gasteiger partial charge >= 0.3 is 5.97 Å². The summed E-state index contributed by atoms with van der Waals surface area (Å²) in [7, 11) is 0. The second kappa shape index (κ2) is 6.11. The molecule has 1 aliphatic carbocycles.